The molecule has 0 radical (unpaired) electrons. The van der Waals surface area contributed by atoms with Gasteiger partial charge in [0, 0.05) is 25.2 Å². The van der Waals surface area contributed by atoms with Gasteiger partial charge in [0.25, 0.3) is 0 Å². The zero-order valence-corrected chi connectivity index (χ0v) is 11.2. The Morgan fingerprint density at radius 3 is 2.71 bits per heavy atom. The zero-order chi connectivity index (χ0) is 12.9. The molecule has 6 heteroatoms. The number of sulfonamides is 1. The molecular weight excluding hydrogens is 262 g/mol. The van der Waals surface area contributed by atoms with Gasteiger partial charge < -0.3 is 5.11 Å². The Hall–Kier alpha value is -0.620. The minimum atomic E-state index is -3.30. The summed E-state index contributed by atoms with van der Waals surface area (Å²) in [4.78, 5) is 0. The van der Waals surface area contributed by atoms with Crippen LogP contribution in [0.2, 0.25) is 5.02 Å². The van der Waals surface area contributed by atoms with E-state index in [0.717, 1.165) is 5.56 Å². The van der Waals surface area contributed by atoms with Crippen LogP contribution in [0.1, 0.15) is 12.0 Å². The van der Waals surface area contributed by atoms with Crippen LogP contribution in [-0.4, -0.2) is 37.2 Å². The maximum absolute atomic E-state index is 11.8. The first-order valence-electron chi connectivity index (χ1n) is 5.25. The molecule has 0 saturated heterocycles. The van der Waals surface area contributed by atoms with Crippen LogP contribution in [0, 0.1) is 0 Å². The van der Waals surface area contributed by atoms with Crippen molar-refractivity contribution in [2.75, 3.05) is 19.4 Å². The van der Waals surface area contributed by atoms with E-state index in [-0.39, 0.29) is 25.3 Å². The minimum absolute atomic E-state index is 0.0411. The third-order valence-electron chi connectivity index (χ3n) is 2.33. The summed E-state index contributed by atoms with van der Waals surface area (Å²) in [6.07, 6.45) is 0.252. The molecule has 0 aliphatic heterocycles. The SMILES string of the molecule is CN(Cc1cccc(Cl)c1)S(=O)(=O)CCCO. The number of aliphatic hydroxyl groups excluding tert-OH is 1. The van der Waals surface area contributed by atoms with Gasteiger partial charge in [-0.05, 0) is 24.1 Å². The fourth-order valence-electron chi connectivity index (χ4n) is 1.39. The summed E-state index contributed by atoms with van der Waals surface area (Å²) in [5, 5.41) is 9.22. The first-order valence-corrected chi connectivity index (χ1v) is 7.24. The highest BCUT2D eigenvalue weighted by Gasteiger charge is 2.17. The van der Waals surface area contributed by atoms with Crippen molar-refractivity contribution in [2.24, 2.45) is 0 Å². The summed E-state index contributed by atoms with van der Waals surface area (Å²) in [5.41, 5.74) is 0.840. The summed E-state index contributed by atoms with van der Waals surface area (Å²) in [7, 11) is -1.78. The highest BCUT2D eigenvalue weighted by Crippen LogP contribution is 2.13. The van der Waals surface area contributed by atoms with E-state index in [0.29, 0.717) is 5.02 Å². The first-order chi connectivity index (χ1) is 7.95. The molecule has 0 aliphatic carbocycles. The monoisotopic (exact) mass is 277 g/mol. The van der Waals surface area contributed by atoms with Crippen LogP contribution in [-0.2, 0) is 16.6 Å². The van der Waals surface area contributed by atoms with Crippen molar-refractivity contribution in [1.82, 2.24) is 4.31 Å². The van der Waals surface area contributed by atoms with Crippen LogP contribution in [0.25, 0.3) is 0 Å². The Balaban J connectivity index is 2.68. The number of halogens is 1. The molecule has 0 heterocycles. The standard InChI is InChI=1S/C11H16ClNO3S/c1-13(17(15,16)7-3-6-14)9-10-4-2-5-11(12)8-10/h2,4-5,8,14H,3,6-7,9H2,1H3. The third kappa shape index (κ3) is 4.63. The van der Waals surface area contributed by atoms with E-state index in [1.54, 1.807) is 18.2 Å². The lowest BCUT2D eigenvalue weighted by Gasteiger charge is -2.17. The second-order valence-corrected chi connectivity index (χ2v) is 6.41. The molecule has 0 aromatic heterocycles. The summed E-state index contributed by atoms with van der Waals surface area (Å²) in [6, 6.07) is 7.08. The molecule has 0 fully saturated rings. The van der Waals surface area contributed by atoms with Crippen LogP contribution in [0.5, 0.6) is 0 Å². The van der Waals surface area contributed by atoms with Crippen molar-refractivity contribution < 1.29 is 13.5 Å². The van der Waals surface area contributed by atoms with Gasteiger partial charge in [0.2, 0.25) is 10.0 Å². The topological polar surface area (TPSA) is 57.6 Å². The smallest absolute Gasteiger partial charge is 0.214 e. The summed E-state index contributed by atoms with van der Waals surface area (Å²) < 4.78 is 24.8. The summed E-state index contributed by atoms with van der Waals surface area (Å²) in [5.74, 6) is -0.0411. The normalized spacial score (nSPS) is 12.0. The van der Waals surface area contributed by atoms with E-state index in [1.165, 1.54) is 11.4 Å². The summed E-state index contributed by atoms with van der Waals surface area (Å²) in [6.45, 7) is 0.165. The Bertz CT molecular complexity index is 462. The molecule has 1 N–H and O–H groups in total. The van der Waals surface area contributed by atoms with Gasteiger partial charge in [-0.2, -0.15) is 0 Å². The van der Waals surface area contributed by atoms with Gasteiger partial charge in [0.15, 0.2) is 0 Å². The number of benzene rings is 1. The molecule has 1 aromatic rings. The van der Waals surface area contributed by atoms with Crippen LogP contribution in [0.4, 0.5) is 0 Å². The quantitative estimate of drug-likeness (QED) is 0.857. The lowest BCUT2D eigenvalue weighted by atomic mass is 10.2. The number of hydrogen-bond donors (Lipinski definition) is 1. The third-order valence-corrected chi connectivity index (χ3v) is 4.45. The fourth-order valence-corrected chi connectivity index (χ4v) is 2.76. The zero-order valence-electron chi connectivity index (χ0n) is 9.63. The number of aliphatic hydroxyl groups is 1. The van der Waals surface area contributed by atoms with Crippen molar-refractivity contribution in [3.8, 4) is 0 Å². The average molecular weight is 278 g/mol. The Morgan fingerprint density at radius 1 is 1.41 bits per heavy atom. The lowest BCUT2D eigenvalue weighted by Crippen LogP contribution is -2.29. The van der Waals surface area contributed by atoms with E-state index in [2.05, 4.69) is 0 Å². The molecule has 4 nitrogen and oxygen atoms in total. The van der Waals surface area contributed by atoms with Gasteiger partial charge in [0.05, 0.1) is 5.75 Å². The van der Waals surface area contributed by atoms with E-state index in [9.17, 15) is 8.42 Å². The second kappa shape index (κ2) is 6.35. The van der Waals surface area contributed by atoms with Gasteiger partial charge >= 0.3 is 0 Å². The van der Waals surface area contributed by atoms with E-state index in [1.807, 2.05) is 6.07 Å². The molecule has 0 atom stereocenters. The predicted molar refractivity (Wildman–Crippen MR) is 68.4 cm³/mol. The van der Waals surface area contributed by atoms with Crippen LogP contribution in [0.3, 0.4) is 0 Å². The fraction of sp³-hybridized carbons (Fsp3) is 0.455. The van der Waals surface area contributed by atoms with Crippen molar-refractivity contribution in [2.45, 2.75) is 13.0 Å². The predicted octanol–water partition coefficient (Wildman–Crippen LogP) is 1.48. The Kier molecular flexibility index (Phi) is 5.39. The molecule has 17 heavy (non-hydrogen) atoms. The molecule has 96 valence electrons. The molecule has 0 unspecified atom stereocenters. The molecule has 0 spiro atoms. The maximum Gasteiger partial charge on any atom is 0.214 e. The van der Waals surface area contributed by atoms with Crippen LogP contribution in [0.15, 0.2) is 24.3 Å². The average Bonchev–Trinajstić information content (AvgIpc) is 2.26. The maximum atomic E-state index is 11.8. The van der Waals surface area contributed by atoms with E-state index >= 15 is 0 Å². The second-order valence-electron chi connectivity index (χ2n) is 3.78. The van der Waals surface area contributed by atoms with Gasteiger partial charge in [-0.15, -0.1) is 0 Å². The van der Waals surface area contributed by atoms with Crippen molar-refractivity contribution >= 4 is 21.6 Å². The van der Waals surface area contributed by atoms with Crippen LogP contribution >= 0.6 is 11.6 Å². The Morgan fingerprint density at radius 2 is 2.12 bits per heavy atom. The van der Waals surface area contributed by atoms with Crippen LogP contribution < -0.4 is 0 Å². The van der Waals surface area contributed by atoms with Gasteiger partial charge in [-0.25, -0.2) is 12.7 Å². The largest absolute Gasteiger partial charge is 0.396 e. The lowest BCUT2D eigenvalue weighted by molar-refractivity contribution is 0.294. The molecule has 0 amide bonds. The highest BCUT2D eigenvalue weighted by atomic mass is 35.5. The van der Waals surface area contributed by atoms with Gasteiger partial charge in [0.1, 0.15) is 0 Å². The molecule has 1 aromatic carbocycles. The minimum Gasteiger partial charge on any atom is -0.396 e. The number of hydrogen-bond acceptors (Lipinski definition) is 3. The molecule has 0 bridgehead atoms. The van der Waals surface area contributed by atoms with E-state index < -0.39 is 10.0 Å². The van der Waals surface area contributed by atoms with Gasteiger partial charge in [-0.1, -0.05) is 23.7 Å². The van der Waals surface area contributed by atoms with Crippen molar-refractivity contribution in [3.05, 3.63) is 34.9 Å². The Labute approximate surface area is 107 Å². The van der Waals surface area contributed by atoms with Crippen molar-refractivity contribution in [1.29, 1.82) is 0 Å². The van der Waals surface area contributed by atoms with Crippen molar-refractivity contribution in [3.63, 3.8) is 0 Å². The molecule has 0 aliphatic rings. The van der Waals surface area contributed by atoms with E-state index in [4.69, 9.17) is 16.7 Å². The summed E-state index contributed by atoms with van der Waals surface area (Å²) >= 11 is 5.83. The number of nitrogens with zero attached hydrogens (tertiary/aromatic N) is 1. The highest BCUT2D eigenvalue weighted by molar-refractivity contribution is 7.89. The molecule has 0 saturated carbocycles. The number of rotatable bonds is 6. The molecule has 1 rings (SSSR count). The van der Waals surface area contributed by atoms with Gasteiger partial charge in [-0.3, -0.25) is 0 Å². The first kappa shape index (κ1) is 14.4. The molecular formula is C11H16ClNO3S.